The van der Waals surface area contributed by atoms with Gasteiger partial charge in [-0.15, -0.1) is 0 Å². The Balaban J connectivity index is 1.06. The number of benzene rings is 7. The summed E-state index contributed by atoms with van der Waals surface area (Å²) in [6.45, 7) is 0. The van der Waals surface area contributed by atoms with Gasteiger partial charge in [0.05, 0.1) is 11.4 Å². The Hall–Kier alpha value is -7.24. The quantitative estimate of drug-likeness (QED) is 0.128. The molecule has 0 unspecified atom stereocenters. The lowest BCUT2D eigenvalue weighted by molar-refractivity contribution is 0.538. The van der Waals surface area contributed by atoms with Crippen molar-refractivity contribution in [3.8, 4) is 56.2 Å². The van der Waals surface area contributed by atoms with Crippen LogP contribution in [0.3, 0.4) is 0 Å². The van der Waals surface area contributed by atoms with Gasteiger partial charge in [0.15, 0.2) is 5.82 Å². The van der Waals surface area contributed by atoms with E-state index in [2.05, 4.69) is 109 Å². The summed E-state index contributed by atoms with van der Waals surface area (Å²) in [6.07, 6.45) is 6.50. The van der Waals surface area contributed by atoms with Crippen LogP contribution in [0.15, 0.2) is 176 Å². The van der Waals surface area contributed by atoms with Crippen molar-refractivity contribution in [2.24, 2.45) is 0 Å². The number of hydrogen-bond acceptors (Lipinski definition) is 5. The molecule has 5 heteroatoms. The van der Waals surface area contributed by atoms with Crippen LogP contribution in [0.5, 0.6) is 0 Å². The highest BCUT2D eigenvalue weighted by atomic mass is 16.5. The molecule has 7 aromatic carbocycles. The number of rotatable bonds is 7. The molecule has 9 rings (SSSR count). The highest BCUT2D eigenvalue weighted by molar-refractivity contribution is 6.08. The van der Waals surface area contributed by atoms with Crippen molar-refractivity contribution in [1.82, 2.24) is 9.97 Å². The molecule has 0 aliphatic heterocycles. The number of aromatic nitrogens is 2. The number of hydrogen-bond donors (Lipinski definition) is 2. The fourth-order valence-corrected chi connectivity index (χ4v) is 7.24. The van der Waals surface area contributed by atoms with Crippen LogP contribution < -0.4 is 0 Å². The first-order valence-electron chi connectivity index (χ1n) is 18.4. The smallest absolute Gasteiger partial charge is 0.221 e. The molecule has 55 heavy (non-hydrogen) atoms. The topological polar surface area (TPSA) is 82.7 Å². The third-order valence-corrected chi connectivity index (χ3v) is 10.1. The third kappa shape index (κ3) is 6.99. The van der Waals surface area contributed by atoms with Crippen LogP contribution in [0.1, 0.15) is 28.7 Å². The number of aryl methyl sites for hydroxylation is 1. The van der Waals surface area contributed by atoms with Crippen LogP contribution in [0.4, 0.5) is 0 Å². The van der Waals surface area contributed by atoms with E-state index >= 15 is 0 Å². The lowest BCUT2D eigenvalue weighted by Crippen LogP contribution is -2.13. The zero-order chi connectivity index (χ0) is 37.1. The first-order chi connectivity index (χ1) is 27.1. The summed E-state index contributed by atoms with van der Waals surface area (Å²) in [5, 5.41) is 19.4. The van der Waals surface area contributed by atoms with Gasteiger partial charge in [-0.3, -0.25) is 10.8 Å². The molecule has 0 amide bonds. The minimum Gasteiger partial charge on any atom is -0.421 e. The number of allylic oxidation sites excluding steroid dienone is 1. The Kier molecular flexibility index (Phi) is 8.94. The number of ether oxygens (including phenoxy) is 1. The molecule has 8 aromatic rings. The summed E-state index contributed by atoms with van der Waals surface area (Å²) in [5.41, 5.74) is 12.7. The monoisotopic (exact) mass is 708 g/mol. The summed E-state index contributed by atoms with van der Waals surface area (Å²) < 4.78 is 5.74. The zero-order valence-electron chi connectivity index (χ0n) is 30.0. The van der Waals surface area contributed by atoms with Gasteiger partial charge >= 0.3 is 0 Å². The maximum Gasteiger partial charge on any atom is 0.221 e. The summed E-state index contributed by atoms with van der Waals surface area (Å²) >= 11 is 0. The number of nitrogens with zero attached hydrogens (tertiary/aromatic N) is 2. The first-order valence-corrected chi connectivity index (χ1v) is 18.4. The van der Waals surface area contributed by atoms with Gasteiger partial charge in [0.25, 0.3) is 0 Å². The van der Waals surface area contributed by atoms with Gasteiger partial charge in [-0.25, -0.2) is 9.97 Å². The Morgan fingerprint density at radius 1 is 0.491 bits per heavy atom. The van der Waals surface area contributed by atoms with Crippen LogP contribution in [0.2, 0.25) is 0 Å². The van der Waals surface area contributed by atoms with Crippen LogP contribution in [-0.2, 0) is 11.2 Å². The molecular weight excluding hydrogens is 673 g/mol. The molecule has 2 N–H and O–H groups in total. The summed E-state index contributed by atoms with van der Waals surface area (Å²) in [4.78, 5) is 10.2. The van der Waals surface area contributed by atoms with Crippen molar-refractivity contribution in [3.63, 3.8) is 0 Å². The van der Waals surface area contributed by atoms with Gasteiger partial charge < -0.3 is 4.74 Å². The minimum absolute atomic E-state index is 0.0588. The van der Waals surface area contributed by atoms with E-state index < -0.39 is 0 Å². The van der Waals surface area contributed by atoms with Crippen molar-refractivity contribution < 1.29 is 4.74 Å². The Morgan fingerprint density at radius 3 is 1.98 bits per heavy atom. The van der Waals surface area contributed by atoms with Crippen LogP contribution in [-0.4, -0.2) is 21.8 Å². The predicted molar refractivity (Wildman–Crippen MR) is 225 cm³/mol. The SMILES string of the molecule is N=C(OC(=N)c1ccccc1-c1ccc2ccc(-c3cccc(-c4cc(-c5ccccc5)nc(-c5ccc6c(c5)CCC=C6)n4)c3)cc2c1)c1ccccc1. The predicted octanol–water partition coefficient (Wildman–Crippen LogP) is 12.3. The molecule has 0 fully saturated rings. The van der Waals surface area contributed by atoms with Crippen LogP contribution in [0, 0.1) is 10.8 Å². The molecule has 0 saturated carbocycles. The van der Waals surface area contributed by atoms with E-state index in [9.17, 15) is 0 Å². The van der Waals surface area contributed by atoms with Gasteiger partial charge in [0, 0.05) is 27.8 Å². The fourth-order valence-electron chi connectivity index (χ4n) is 7.24. The Bertz CT molecular complexity index is 2770. The number of fused-ring (bicyclic) bond motifs is 2. The highest BCUT2D eigenvalue weighted by Crippen LogP contribution is 2.34. The largest absolute Gasteiger partial charge is 0.421 e. The molecule has 1 aromatic heterocycles. The molecule has 5 nitrogen and oxygen atoms in total. The lowest BCUT2D eigenvalue weighted by Gasteiger charge is -2.14. The Labute approximate surface area is 320 Å². The van der Waals surface area contributed by atoms with E-state index in [0.717, 1.165) is 73.9 Å². The molecule has 0 atom stereocenters. The molecule has 1 heterocycles. The minimum atomic E-state index is -0.0674. The van der Waals surface area contributed by atoms with Crippen molar-refractivity contribution in [3.05, 3.63) is 198 Å². The van der Waals surface area contributed by atoms with Gasteiger partial charge in [0.1, 0.15) is 0 Å². The first kappa shape index (κ1) is 33.6. The maximum atomic E-state index is 8.79. The van der Waals surface area contributed by atoms with E-state index in [-0.39, 0.29) is 11.8 Å². The van der Waals surface area contributed by atoms with E-state index in [4.69, 9.17) is 25.5 Å². The second-order valence-corrected chi connectivity index (χ2v) is 13.7. The summed E-state index contributed by atoms with van der Waals surface area (Å²) in [7, 11) is 0. The molecule has 1 aliphatic rings. The van der Waals surface area contributed by atoms with E-state index in [1.54, 1.807) is 12.1 Å². The Morgan fingerprint density at radius 2 is 1.15 bits per heavy atom. The molecular formula is C50H36N4O. The van der Waals surface area contributed by atoms with Gasteiger partial charge in [-0.1, -0.05) is 133 Å². The van der Waals surface area contributed by atoms with Crippen molar-refractivity contribution >= 4 is 28.6 Å². The van der Waals surface area contributed by atoms with E-state index in [1.165, 1.54) is 11.1 Å². The van der Waals surface area contributed by atoms with E-state index in [0.29, 0.717) is 17.0 Å². The highest BCUT2D eigenvalue weighted by Gasteiger charge is 2.16. The number of nitrogens with one attached hydrogen (secondary N) is 2. The average molecular weight is 709 g/mol. The molecule has 0 bridgehead atoms. The zero-order valence-corrected chi connectivity index (χ0v) is 30.0. The van der Waals surface area contributed by atoms with Gasteiger partial charge in [0.2, 0.25) is 11.8 Å². The maximum absolute atomic E-state index is 8.79. The standard InChI is InChI=1S/C50H36N4O/c51-48(36-15-5-2-6-16-36)55-49(52)45-21-10-9-20-44(45)40-26-23-34-22-25-39(30-43(34)31-40)38-18-11-19-41(28-38)47-32-46(35-13-3-1-4-14-35)53-50(54-47)42-27-24-33-12-7-8-17-37(33)29-42/h1-7,9-16,18-32,51-52H,8,17H2. The molecule has 0 radical (unpaired) electrons. The van der Waals surface area contributed by atoms with E-state index in [1.807, 2.05) is 60.7 Å². The lowest BCUT2D eigenvalue weighted by atomic mass is 9.94. The summed E-state index contributed by atoms with van der Waals surface area (Å²) in [6, 6.07) is 57.3. The molecule has 1 aliphatic carbocycles. The average Bonchev–Trinajstić information content (AvgIpc) is 3.26. The van der Waals surface area contributed by atoms with Gasteiger partial charge in [-0.05, 0) is 106 Å². The normalized spacial score (nSPS) is 11.9. The fraction of sp³-hybridized carbons (Fsp3) is 0.0400. The third-order valence-electron chi connectivity index (χ3n) is 10.1. The second kappa shape index (κ2) is 14.6. The second-order valence-electron chi connectivity index (χ2n) is 13.7. The molecule has 0 saturated heterocycles. The van der Waals surface area contributed by atoms with Crippen molar-refractivity contribution in [2.45, 2.75) is 12.8 Å². The van der Waals surface area contributed by atoms with Crippen molar-refractivity contribution in [1.29, 1.82) is 10.8 Å². The van der Waals surface area contributed by atoms with Gasteiger partial charge in [-0.2, -0.15) is 0 Å². The van der Waals surface area contributed by atoms with Crippen molar-refractivity contribution in [2.75, 3.05) is 0 Å². The molecule has 262 valence electrons. The van der Waals surface area contributed by atoms with Crippen LogP contribution >= 0.6 is 0 Å². The summed E-state index contributed by atoms with van der Waals surface area (Å²) in [5.74, 6) is 0.590. The van der Waals surface area contributed by atoms with Crippen LogP contribution in [0.25, 0.3) is 73.0 Å². The molecule has 0 spiro atoms.